The van der Waals surface area contributed by atoms with Crippen LogP contribution in [0.15, 0.2) is 40.5 Å². The molecule has 1 fully saturated rings. The lowest BCUT2D eigenvalue weighted by atomic mass is 9.96. The van der Waals surface area contributed by atoms with E-state index in [0.29, 0.717) is 64.0 Å². The van der Waals surface area contributed by atoms with E-state index in [1.165, 1.54) is 28.2 Å². The van der Waals surface area contributed by atoms with Crippen molar-refractivity contribution < 1.29 is 27.8 Å². The van der Waals surface area contributed by atoms with Gasteiger partial charge in [0.25, 0.3) is 5.56 Å². The molecule has 49 heavy (non-hydrogen) atoms. The molecular formula is C34H30ClF3N6O4S. The molecule has 0 atom stereocenters. The van der Waals surface area contributed by atoms with E-state index >= 15 is 0 Å². The van der Waals surface area contributed by atoms with Crippen LogP contribution in [-0.4, -0.2) is 75.2 Å². The number of aromatic nitrogens is 3. The van der Waals surface area contributed by atoms with E-state index in [2.05, 4.69) is 14.9 Å². The van der Waals surface area contributed by atoms with Gasteiger partial charge in [-0.15, -0.1) is 11.3 Å². The molecule has 0 bridgehead atoms. The summed E-state index contributed by atoms with van der Waals surface area (Å²) in [5, 5.41) is 21.6. The summed E-state index contributed by atoms with van der Waals surface area (Å²) in [6.45, 7) is 5.45. The van der Waals surface area contributed by atoms with E-state index in [1.54, 1.807) is 25.1 Å². The highest BCUT2D eigenvalue weighted by Crippen LogP contribution is 2.41. The summed E-state index contributed by atoms with van der Waals surface area (Å²) in [5.41, 5.74) is -0.0967. The molecule has 15 heteroatoms. The van der Waals surface area contributed by atoms with E-state index in [0.717, 1.165) is 6.07 Å². The lowest BCUT2D eigenvalue weighted by Gasteiger charge is -2.33. The molecule has 0 saturated carbocycles. The van der Waals surface area contributed by atoms with Gasteiger partial charge in [-0.3, -0.25) is 19.2 Å². The van der Waals surface area contributed by atoms with Crippen molar-refractivity contribution in [3.8, 4) is 22.9 Å². The molecule has 0 amide bonds. The van der Waals surface area contributed by atoms with Gasteiger partial charge in [0.1, 0.15) is 24.3 Å². The Morgan fingerprint density at radius 1 is 1.12 bits per heavy atom. The van der Waals surface area contributed by atoms with Crippen LogP contribution in [0.5, 0.6) is 5.75 Å². The minimum absolute atomic E-state index is 0.0255. The van der Waals surface area contributed by atoms with Crippen LogP contribution in [0.2, 0.25) is 5.02 Å². The maximum absolute atomic E-state index is 14.3. The predicted molar refractivity (Wildman–Crippen MR) is 180 cm³/mol. The van der Waals surface area contributed by atoms with E-state index in [4.69, 9.17) is 16.3 Å². The molecule has 0 aliphatic carbocycles. The Hall–Kier alpha value is -4.55. The van der Waals surface area contributed by atoms with Crippen molar-refractivity contribution in [2.24, 2.45) is 0 Å². The number of piperazine rings is 1. The van der Waals surface area contributed by atoms with Gasteiger partial charge in [-0.25, -0.2) is 9.78 Å². The van der Waals surface area contributed by atoms with Crippen molar-refractivity contribution in [2.45, 2.75) is 33.1 Å². The summed E-state index contributed by atoms with van der Waals surface area (Å²) in [5.74, 6) is -0.529. The Kier molecular flexibility index (Phi) is 9.38. The van der Waals surface area contributed by atoms with Gasteiger partial charge in [0.2, 0.25) is 0 Å². The number of nitriles is 1. The first-order valence-corrected chi connectivity index (χ1v) is 16.5. The van der Waals surface area contributed by atoms with E-state index in [9.17, 15) is 33.1 Å². The molecule has 0 radical (unpaired) electrons. The van der Waals surface area contributed by atoms with E-state index < -0.39 is 23.3 Å². The number of carbonyl (C=O) groups is 1. The number of thiophene rings is 1. The van der Waals surface area contributed by atoms with Gasteiger partial charge in [-0.05, 0) is 56.8 Å². The normalized spacial score (nSPS) is 14.4. The number of carboxylic acid groups (broad SMARTS) is 1. The second-order valence-corrected chi connectivity index (χ2v) is 13.2. The molecule has 5 aromatic rings. The number of hydrogen-bond donors (Lipinski definition) is 1. The molecule has 1 aliphatic heterocycles. The summed E-state index contributed by atoms with van der Waals surface area (Å²) in [6.07, 6.45) is -4.76. The highest BCUT2D eigenvalue weighted by molar-refractivity contribution is 7.18. The fourth-order valence-electron chi connectivity index (χ4n) is 6.14. The number of benzene rings is 2. The third kappa shape index (κ3) is 6.71. The molecule has 4 heterocycles. The Labute approximate surface area is 287 Å². The number of rotatable bonds is 8. The number of halogens is 4. The number of carboxylic acids is 1. The lowest BCUT2D eigenvalue weighted by molar-refractivity contribution is -0.138. The van der Waals surface area contributed by atoms with Gasteiger partial charge in [0.05, 0.1) is 44.4 Å². The molecule has 254 valence electrons. The van der Waals surface area contributed by atoms with Crippen LogP contribution in [0.1, 0.15) is 38.6 Å². The topological polar surface area (TPSA) is 125 Å². The Morgan fingerprint density at radius 2 is 1.86 bits per heavy atom. The summed E-state index contributed by atoms with van der Waals surface area (Å²) in [6, 6.07) is 9.57. The summed E-state index contributed by atoms with van der Waals surface area (Å²) < 4.78 is 51.1. The third-order valence-electron chi connectivity index (χ3n) is 8.63. The molecule has 1 saturated heterocycles. The highest BCUT2D eigenvalue weighted by atomic mass is 35.5. The number of hydrogen-bond acceptors (Lipinski definition) is 9. The zero-order chi connectivity index (χ0) is 35.2. The average molecular weight is 711 g/mol. The zero-order valence-electron chi connectivity index (χ0n) is 26.7. The number of likely N-dealkylation sites (N-methyl/N-ethyl adjacent to an activating group) is 1. The smallest absolute Gasteiger partial charge is 0.416 e. The van der Waals surface area contributed by atoms with Crippen molar-refractivity contribution >= 4 is 50.0 Å². The van der Waals surface area contributed by atoms with Gasteiger partial charge in [0, 0.05) is 59.9 Å². The quantitative estimate of drug-likeness (QED) is 0.196. The monoisotopic (exact) mass is 710 g/mol. The first kappa shape index (κ1) is 34.3. The number of nitrogens with zero attached hydrogens (tertiary/aromatic N) is 6. The molecular weight excluding hydrogens is 681 g/mol. The van der Waals surface area contributed by atoms with E-state index in [1.807, 2.05) is 24.1 Å². The Balaban J connectivity index is 1.36. The number of alkyl halides is 3. The van der Waals surface area contributed by atoms with Gasteiger partial charge < -0.3 is 14.7 Å². The van der Waals surface area contributed by atoms with Crippen molar-refractivity contribution in [1.29, 1.82) is 5.26 Å². The van der Waals surface area contributed by atoms with Crippen LogP contribution < -0.4 is 10.3 Å². The minimum atomic E-state index is -4.76. The zero-order valence-corrected chi connectivity index (χ0v) is 28.3. The minimum Gasteiger partial charge on any atom is -0.491 e. The van der Waals surface area contributed by atoms with Gasteiger partial charge >= 0.3 is 12.1 Å². The second kappa shape index (κ2) is 13.4. The van der Waals surface area contributed by atoms with Crippen molar-refractivity contribution in [2.75, 3.05) is 39.8 Å². The van der Waals surface area contributed by atoms with Gasteiger partial charge in [0.15, 0.2) is 0 Å². The largest absolute Gasteiger partial charge is 0.491 e. The lowest BCUT2D eigenvalue weighted by Crippen LogP contribution is -2.44. The standard InChI is InChI=1S/C34H30ClF3N6O4S/c1-18-12-22(31-30(40-18)25(17-49-31)33(46)47)21-13-20(35)4-5-28(21)48-11-10-44-19(2)41-27-14-26(34(36,37)38)24(23(15-39)29(27)32(44)45)16-43-8-6-42(3)7-9-43/h4-5,12-14,17H,6-11,16H2,1-3H3,(H,46,47). The average Bonchev–Trinajstić information content (AvgIpc) is 3.47. The fraction of sp³-hybridized carbons (Fsp3) is 0.324. The third-order valence-corrected chi connectivity index (χ3v) is 9.86. The number of pyridine rings is 1. The molecule has 3 aromatic heterocycles. The molecule has 1 N–H and O–H groups in total. The maximum atomic E-state index is 14.3. The van der Waals surface area contributed by atoms with Crippen LogP contribution in [0, 0.1) is 25.2 Å². The summed E-state index contributed by atoms with van der Waals surface area (Å²) >= 11 is 7.60. The number of ether oxygens (including phenoxy) is 1. The van der Waals surface area contributed by atoms with Gasteiger partial charge in [-0.2, -0.15) is 18.4 Å². The van der Waals surface area contributed by atoms with Crippen LogP contribution in [0.3, 0.4) is 0 Å². The second-order valence-electron chi connectivity index (χ2n) is 11.9. The Bertz CT molecular complexity index is 2220. The van der Waals surface area contributed by atoms with Crippen LogP contribution in [-0.2, 0) is 19.3 Å². The number of aromatic carboxylic acids is 1. The van der Waals surface area contributed by atoms with Crippen LogP contribution in [0.4, 0.5) is 13.2 Å². The number of fused-ring (bicyclic) bond motifs is 2. The van der Waals surface area contributed by atoms with Crippen molar-refractivity contribution in [3.05, 3.63) is 84.9 Å². The van der Waals surface area contributed by atoms with Gasteiger partial charge in [-0.1, -0.05) is 11.6 Å². The van der Waals surface area contributed by atoms with Crippen LogP contribution >= 0.6 is 22.9 Å². The number of aryl methyl sites for hydroxylation is 2. The fourth-order valence-corrected chi connectivity index (χ4v) is 7.32. The molecule has 0 unspecified atom stereocenters. The first-order chi connectivity index (χ1) is 23.3. The molecule has 1 aliphatic rings. The highest BCUT2D eigenvalue weighted by Gasteiger charge is 2.37. The van der Waals surface area contributed by atoms with Crippen molar-refractivity contribution in [3.63, 3.8) is 0 Å². The predicted octanol–water partition coefficient (Wildman–Crippen LogP) is 6.36. The van der Waals surface area contributed by atoms with Crippen molar-refractivity contribution in [1.82, 2.24) is 24.3 Å². The van der Waals surface area contributed by atoms with Crippen LogP contribution in [0.25, 0.3) is 32.2 Å². The summed E-state index contributed by atoms with van der Waals surface area (Å²) in [7, 11) is 1.93. The SMILES string of the molecule is Cc1cc(-c2cc(Cl)ccc2OCCn2c(C)nc3cc(C(F)(F)F)c(CN4CCN(C)CC4)c(C#N)c3c2=O)c2scc(C(=O)O)c2n1. The molecule has 10 nitrogen and oxygen atoms in total. The molecule has 0 spiro atoms. The Morgan fingerprint density at radius 3 is 2.53 bits per heavy atom. The summed E-state index contributed by atoms with van der Waals surface area (Å²) in [4.78, 5) is 38.5. The first-order valence-electron chi connectivity index (χ1n) is 15.3. The maximum Gasteiger partial charge on any atom is 0.416 e. The van der Waals surface area contributed by atoms with E-state index in [-0.39, 0.29) is 53.1 Å². The molecule has 6 rings (SSSR count). The molecule has 2 aromatic carbocycles.